The molecule has 2 rings (SSSR count). The molecule has 0 aromatic heterocycles. The number of nitrogens with two attached hydrogens (primary N) is 1. The van der Waals surface area contributed by atoms with Gasteiger partial charge in [0.25, 0.3) is 0 Å². The molecule has 0 saturated carbocycles. The number of hydrogen-bond donors (Lipinski definition) is 1. The maximum atomic E-state index is 12.9. The molecular weight excluding hydrogens is 296 g/mol. The van der Waals surface area contributed by atoms with E-state index in [-0.39, 0.29) is 6.54 Å². The van der Waals surface area contributed by atoms with Crippen LogP contribution in [-0.2, 0) is 16.6 Å². The van der Waals surface area contributed by atoms with E-state index in [4.69, 9.17) is 5.73 Å². The maximum absolute atomic E-state index is 12.9. The fourth-order valence-corrected chi connectivity index (χ4v) is 4.09. The zero-order chi connectivity index (χ0) is 16.2. The van der Waals surface area contributed by atoms with Gasteiger partial charge in [0.2, 0.25) is 10.0 Å². The molecule has 2 N–H and O–H groups in total. The molecule has 0 aliphatic rings. The lowest BCUT2D eigenvalue weighted by molar-refractivity contribution is 0.413. The van der Waals surface area contributed by atoms with Gasteiger partial charge in [0.1, 0.15) is 0 Å². The number of aryl methyl sites for hydroxylation is 2. The number of sulfonamides is 1. The van der Waals surface area contributed by atoms with E-state index in [1.165, 1.54) is 4.31 Å². The lowest BCUT2D eigenvalue weighted by Crippen LogP contribution is -2.35. The minimum Gasteiger partial charge on any atom is -0.329 e. The molecule has 0 spiro atoms. The Labute approximate surface area is 132 Å². The highest BCUT2D eigenvalue weighted by molar-refractivity contribution is 7.89. The van der Waals surface area contributed by atoms with Crippen LogP contribution >= 0.6 is 0 Å². The third kappa shape index (κ3) is 3.74. The third-order valence-corrected chi connectivity index (χ3v) is 5.53. The van der Waals surface area contributed by atoms with E-state index in [0.29, 0.717) is 18.0 Å². The molecule has 0 saturated heterocycles. The first-order valence-corrected chi connectivity index (χ1v) is 8.70. The number of nitrogens with zero attached hydrogens (tertiary/aromatic N) is 1. The Balaban J connectivity index is 2.37. The van der Waals surface area contributed by atoms with Gasteiger partial charge in [0.15, 0.2) is 0 Å². The monoisotopic (exact) mass is 318 g/mol. The van der Waals surface area contributed by atoms with Crippen LogP contribution in [0.15, 0.2) is 53.4 Å². The van der Waals surface area contributed by atoms with Gasteiger partial charge in [-0.2, -0.15) is 4.31 Å². The van der Waals surface area contributed by atoms with Crippen molar-refractivity contribution in [1.82, 2.24) is 4.31 Å². The van der Waals surface area contributed by atoms with Crippen molar-refractivity contribution in [1.29, 1.82) is 0 Å². The van der Waals surface area contributed by atoms with Crippen LogP contribution < -0.4 is 5.73 Å². The van der Waals surface area contributed by atoms with Crippen LogP contribution in [0.4, 0.5) is 0 Å². The largest absolute Gasteiger partial charge is 0.329 e. The summed E-state index contributed by atoms with van der Waals surface area (Å²) in [5.41, 5.74) is 8.37. The summed E-state index contributed by atoms with van der Waals surface area (Å²) in [5.74, 6) is 0. The Kier molecular flexibility index (Phi) is 5.34. The van der Waals surface area contributed by atoms with Crippen molar-refractivity contribution in [3.63, 3.8) is 0 Å². The van der Waals surface area contributed by atoms with E-state index in [2.05, 4.69) is 0 Å². The lowest BCUT2D eigenvalue weighted by Gasteiger charge is -2.23. The summed E-state index contributed by atoms with van der Waals surface area (Å²) in [4.78, 5) is 0.350. The summed E-state index contributed by atoms with van der Waals surface area (Å²) in [6, 6.07) is 14.9. The van der Waals surface area contributed by atoms with Gasteiger partial charge >= 0.3 is 0 Å². The van der Waals surface area contributed by atoms with E-state index < -0.39 is 10.0 Å². The van der Waals surface area contributed by atoms with Crippen molar-refractivity contribution in [3.8, 4) is 0 Å². The maximum Gasteiger partial charge on any atom is 0.243 e. The molecule has 2 aromatic rings. The van der Waals surface area contributed by atoms with Gasteiger partial charge in [-0.05, 0) is 31.0 Å². The van der Waals surface area contributed by atoms with E-state index in [9.17, 15) is 8.42 Å². The fourth-order valence-electron chi connectivity index (χ4n) is 2.44. The zero-order valence-corrected chi connectivity index (χ0v) is 13.8. The molecule has 0 amide bonds. The summed E-state index contributed by atoms with van der Waals surface area (Å²) >= 11 is 0. The van der Waals surface area contributed by atoms with Crippen molar-refractivity contribution >= 4 is 10.0 Å². The lowest BCUT2D eigenvalue weighted by atomic mass is 10.2. The van der Waals surface area contributed by atoms with Gasteiger partial charge in [-0.15, -0.1) is 0 Å². The molecule has 2 aromatic carbocycles. The van der Waals surface area contributed by atoms with Gasteiger partial charge in [-0.3, -0.25) is 0 Å². The van der Waals surface area contributed by atoms with Crippen LogP contribution in [0.25, 0.3) is 0 Å². The van der Waals surface area contributed by atoms with Crippen molar-refractivity contribution in [2.75, 3.05) is 13.1 Å². The number of benzene rings is 2. The molecular formula is C17H22N2O2S. The highest BCUT2D eigenvalue weighted by atomic mass is 32.2. The summed E-state index contributed by atoms with van der Waals surface area (Å²) < 4.78 is 27.3. The summed E-state index contributed by atoms with van der Waals surface area (Å²) in [5, 5.41) is 0. The molecule has 22 heavy (non-hydrogen) atoms. The molecule has 5 heteroatoms. The minimum absolute atomic E-state index is 0.289. The van der Waals surface area contributed by atoms with Crippen LogP contribution in [0.5, 0.6) is 0 Å². The quantitative estimate of drug-likeness (QED) is 0.890. The number of hydrogen-bond acceptors (Lipinski definition) is 3. The zero-order valence-electron chi connectivity index (χ0n) is 13.0. The minimum atomic E-state index is -3.56. The van der Waals surface area contributed by atoms with Crippen LogP contribution in [0.3, 0.4) is 0 Å². The molecule has 0 aliphatic carbocycles. The summed E-state index contributed by atoms with van der Waals surface area (Å²) in [7, 11) is -3.56. The predicted octanol–water partition coefficient (Wildman–Crippen LogP) is 2.45. The van der Waals surface area contributed by atoms with Gasteiger partial charge in [0.05, 0.1) is 4.90 Å². The second kappa shape index (κ2) is 7.05. The first-order chi connectivity index (χ1) is 10.4. The molecule has 0 fully saturated rings. The standard InChI is InChI=1S/C17H22N2O2S/c1-14-8-9-17(15(2)12-14)22(20,21)19(11-10-18)13-16-6-4-3-5-7-16/h3-9,12H,10-11,13,18H2,1-2H3. The molecule has 0 aliphatic heterocycles. The highest BCUT2D eigenvalue weighted by Gasteiger charge is 2.25. The van der Waals surface area contributed by atoms with E-state index in [1.54, 1.807) is 6.07 Å². The van der Waals surface area contributed by atoms with Gasteiger partial charge in [-0.25, -0.2) is 8.42 Å². The third-order valence-electron chi connectivity index (χ3n) is 3.53. The second-order valence-corrected chi connectivity index (χ2v) is 7.29. The summed E-state index contributed by atoms with van der Waals surface area (Å²) in [6.45, 7) is 4.68. The van der Waals surface area contributed by atoms with Crippen LogP contribution in [0.1, 0.15) is 16.7 Å². The smallest absolute Gasteiger partial charge is 0.243 e. The van der Waals surface area contributed by atoms with Crippen molar-refractivity contribution < 1.29 is 8.42 Å². The molecule has 0 unspecified atom stereocenters. The molecule has 0 heterocycles. The predicted molar refractivity (Wildman–Crippen MR) is 89.0 cm³/mol. The van der Waals surface area contributed by atoms with Crippen molar-refractivity contribution in [2.24, 2.45) is 5.73 Å². The van der Waals surface area contributed by atoms with Gasteiger partial charge in [0, 0.05) is 19.6 Å². The molecule has 0 bridgehead atoms. The van der Waals surface area contributed by atoms with Crippen LogP contribution in [0, 0.1) is 13.8 Å². The SMILES string of the molecule is Cc1ccc(S(=O)(=O)N(CCN)Cc2ccccc2)c(C)c1. The Hall–Kier alpha value is -1.69. The Morgan fingerprint density at radius 1 is 1.05 bits per heavy atom. The van der Waals surface area contributed by atoms with Crippen LogP contribution in [-0.4, -0.2) is 25.8 Å². The Morgan fingerprint density at radius 2 is 1.73 bits per heavy atom. The molecule has 118 valence electrons. The van der Waals surface area contributed by atoms with E-state index in [0.717, 1.165) is 16.7 Å². The normalized spacial score (nSPS) is 11.8. The first-order valence-electron chi connectivity index (χ1n) is 7.26. The first kappa shape index (κ1) is 16.7. The topological polar surface area (TPSA) is 63.4 Å². The Morgan fingerprint density at radius 3 is 2.32 bits per heavy atom. The highest BCUT2D eigenvalue weighted by Crippen LogP contribution is 2.22. The Bertz CT molecular complexity index is 728. The van der Waals surface area contributed by atoms with Gasteiger partial charge < -0.3 is 5.73 Å². The van der Waals surface area contributed by atoms with Crippen molar-refractivity contribution in [3.05, 3.63) is 65.2 Å². The van der Waals surface area contributed by atoms with E-state index in [1.807, 2.05) is 56.3 Å². The molecule has 0 radical (unpaired) electrons. The van der Waals surface area contributed by atoms with Crippen LogP contribution in [0.2, 0.25) is 0 Å². The van der Waals surface area contributed by atoms with Crippen molar-refractivity contribution in [2.45, 2.75) is 25.3 Å². The summed E-state index contributed by atoms with van der Waals surface area (Å²) in [6.07, 6.45) is 0. The molecule has 0 atom stereocenters. The molecule has 4 nitrogen and oxygen atoms in total. The fraction of sp³-hybridized carbons (Fsp3) is 0.294. The second-order valence-electron chi connectivity index (χ2n) is 5.38. The number of rotatable bonds is 6. The average molecular weight is 318 g/mol. The average Bonchev–Trinajstić information content (AvgIpc) is 2.47. The van der Waals surface area contributed by atoms with E-state index >= 15 is 0 Å². The van der Waals surface area contributed by atoms with Gasteiger partial charge in [-0.1, -0.05) is 48.0 Å².